The second-order valence-corrected chi connectivity index (χ2v) is 8.12. The SMILES string of the molecule is COC(=O)CCC(NC(=O)C(C)CNC(=O)OCC1c2ccccc2-c2ccccc21)C(=O)O. The number of rotatable bonds is 10. The van der Waals surface area contributed by atoms with Gasteiger partial charge in [-0.25, -0.2) is 9.59 Å². The molecule has 0 radical (unpaired) electrons. The predicted octanol–water partition coefficient (Wildman–Crippen LogP) is 2.68. The Balaban J connectivity index is 1.49. The summed E-state index contributed by atoms with van der Waals surface area (Å²) in [6.07, 6.45) is -0.901. The third-order valence-corrected chi connectivity index (χ3v) is 5.82. The van der Waals surface area contributed by atoms with Gasteiger partial charge in [-0.05, 0) is 28.7 Å². The lowest BCUT2D eigenvalue weighted by molar-refractivity contribution is -0.144. The largest absolute Gasteiger partial charge is 0.480 e. The number of amides is 2. The fraction of sp³-hybridized carbons (Fsp3) is 0.360. The van der Waals surface area contributed by atoms with Crippen LogP contribution in [-0.2, 0) is 23.9 Å². The smallest absolute Gasteiger partial charge is 0.407 e. The monoisotopic (exact) mass is 468 g/mol. The Kier molecular flexibility index (Phi) is 8.24. The van der Waals surface area contributed by atoms with Gasteiger partial charge in [0.25, 0.3) is 0 Å². The van der Waals surface area contributed by atoms with Crippen LogP contribution in [-0.4, -0.2) is 55.3 Å². The molecular formula is C25H28N2O7. The molecule has 2 aromatic rings. The molecule has 2 atom stereocenters. The number of aliphatic carboxylic acids is 1. The lowest BCUT2D eigenvalue weighted by atomic mass is 9.98. The van der Waals surface area contributed by atoms with Crippen LogP contribution in [0.15, 0.2) is 48.5 Å². The van der Waals surface area contributed by atoms with Crippen LogP contribution < -0.4 is 10.6 Å². The summed E-state index contributed by atoms with van der Waals surface area (Å²) in [5.74, 6) is -3.17. The van der Waals surface area contributed by atoms with Gasteiger partial charge >= 0.3 is 18.0 Å². The first kappa shape index (κ1) is 24.8. The summed E-state index contributed by atoms with van der Waals surface area (Å²) >= 11 is 0. The van der Waals surface area contributed by atoms with Crippen molar-refractivity contribution in [2.75, 3.05) is 20.3 Å². The molecule has 3 rings (SSSR count). The molecule has 0 bridgehead atoms. The molecule has 0 saturated heterocycles. The highest BCUT2D eigenvalue weighted by molar-refractivity contribution is 5.85. The number of esters is 1. The van der Waals surface area contributed by atoms with E-state index in [1.807, 2.05) is 48.5 Å². The van der Waals surface area contributed by atoms with E-state index in [9.17, 15) is 24.3 Å². The van der Waals surface area contributed by atoms with Crippen molar-refractivity contribution in [1.82, 2.24) is 10.6 Å². The lowest BCUT2D eigenvalue weighted by Crippen LogP contribution is -2.45. The van der Waals surface area contributed by atoms with Crippen molar-refractivity contribution >= 4 is 23.9 Å². The van der Waals surface area contributed by atoms with Crippen molar-refractivity contribution in [3.05, 3.63) is 59.7 Å². The van der Waals surface area contributed by atoms with Gasteiger partial charge in [0.2, 0.25) is 5.91 Å². The fourth-order valence-corrected chi connectivity index (χ4v) is 3.91. The van der Waals surface area contributed by atoms with Crippen LogP contribution in [0, 0.1) is 5.92 Å². The van der Waals surface area contributed by atoms with Gasteiger partial charge < -0.3 is 25.2 Å². The molecule has 2 unspecified atom stereocenters. The van der Waals surface area contributed by atoms with E-state index in [-0.39, 0.29) is 31.9 Å². The standard InChI is InChI=1S/C25H28N2O7/c1-15(23(29)27-21(24(30)31)11-12-22(28)33-2)13-26-25(32)34-14-20-18-9-5-3-7-16(18)17-8-4-6-10-19(17)20/h3-10,15,20-21H,11-14H2,1-2H3,(H,26,32)(H,27,29)(H,30,31). The molecule has 1 aliphatic carbocycles. The normalized spacial score (nSPS) is 13.7. The van der Waals surface area contributed by atoms with Crippen molar-refractivity contribution in [2.45, 2.75) is 31.7 Å². The number of fused-ring (bicyclic) bond motifs is 3. The number of ether oxygens (including phenoxy) is 2. The number of hydrogen-bond donors (Lipinski definition) is 3. The highest BCUT2D eigenvalue weighted by Gasteiger charge is 2.29. The summed E-state index contributed by atoms with van der Waals surface area (Å²) in [4.78, 5) is 47.2. The number of carboxylic acid groups (broad SMARTS) is 1. The molecule has 2 amide bonds. The van der Waals surface area contributed by atoms with Gasteiger partial charge in [0.15, 0.2) is 0 Å². The maximum absolute atomic E-state index is 12.3. The minimum atomic E-state index is -1.26. The van der Waals surface area contributed by atoms with Crippen molar-refractivity contribution in [3.63, 3.8) is 0 Å². The third kappa shape index (κ3) is 5.92. The van der Waals surface area contributed by atoms with Crippen LogP contribution in [0.1, 0.15) is 36.8 Å². The van der Waals surface area contributed by atoms with E-state index in [1.165, 1.54) is 7.11 Å². The number of nitrogens with one attached hydrogen (secondary N) is 2. The zero-order chi connectivity index (χ0) is 24.7. The first-order chi connectivity index (χ1) is 16.3. The summed E-state index contributed by atoms with van der Waals surface area (Å²) < 4.78 is 9.93. The van der Waals surface area contributed by atoms with Crippen molar-refractivity contribution < 1.29 is 33.8 Å². The molecular weight excluding hydrogens is 440 g/mol. The number of benzene rings is 2. The van der Waals surface area contributed by atoms with Crippen LogP contribution in [0.3, 0.4) is 0 Å². The summed E-state index contributed by atoms with van der Waals surface area (Å²) in [6.45, 7) is 1.67. The van der Waals surface area contributed by atoms with E-state index >= 15 is 0 Å². The van der Waals surface area contributed by atoms with Crippen molar-refractivity contribution in [1.29, 1.82) is 0 Å². The summed E-state index contributed by atoms with van der Waals surface area (Å²) in [6, 6.07) is 14.8. The molecule has 0 heterocycles. The number of alkyl carbamates (subject to hydrolysis) is 1. The molecule has 3 N–H and O–H groups in total. The second kappa shape index (κ2) is 11.3. The lowest BCUT2D eigenvalue weighted by Gasteiger charge is -2.18. The van der Waals surface area contributed by atoms with E-state index < -0.39 is 35.9 Å². The quantitative estimate of drug-likeness (QED) is 0.457. The topological polar surface area (TPSA) is 131 Å². The fourth-order valence-electron chi connectivity index (χ4n) is 3.91. The third-order valence-electron chi connectivity index (χ3n) is 5.82. The van der Waals surface area contributed by atoms with E-state index in [0.717, 1.165) is 22.3 Å². The second-order valence-electron chi connectivity index (χ2n) is 8.12. The molecule has 9 nitrogen and oxygen atoms in total. The molecule has 0 aromatic heterocycles. The predicted molar refractivity (Wildman–Crippen MR) is 123 cm³/mol. The summed E-state index contributed by atoms with van der Waals surface area (Å²) in [7, 11) is 1.20. The molecule has 0 aliphatic heterocycles. The Morgan fingerprint density at radius 3 is 2.15 bits per heavy atom. The number of carboxylic acids is 1. The van der Waals surface area contributed by atoms with Crippen LogP contribution in [0.4, 0.5) is 4.79 Å². The molecule has 180 valence electrons. The Morgan fingerprint density at radius 1 is 1.00 bits per heavy atom. The Morgan fingerprint density at radius 2 is 1.59 bits per heavy atom. The van der Waals surface area contributed by atoms with E-state index in [2.05, 4.69) is 15.4 Å². The average molecular weight is 469 g/mol. The zero-order valence-electron chi connectivity index (χ0n) is 19.1. The molecule has 0 fully saturated rings. The summed E-state index contributed by atoms with van der Waals surface area (Å²) in [5.41, 5.74) is 4.43. The minimum Gasteiger partial charge on any atom is -0.480 e. The number of methoxy groups -OCH3 is 1. The highest BCUT2D eigenvalue weighted by atomic mass is 16.5. The van der Waals surface area contributed by atoms with Gasteiger partial charge in [0.05, 0.1) is 13.0 Å². The van der Waals surface area contributed by atoms with Crippen molar-refractivity contribution in [2.24, 2.45) is 5.92 Å². The van der Waals surface area contributed by atoms with Gasteiger partial charge in [0.1, 0.15) is 12.6 Å². The van der Waals surface area contributed by atoms with Gasteiger partial charge in [-0.15, -0.1) is 0 Å². The average Bonchev–Trinajstić information content (AvgIpc) is 3.16. The van der Waals surface area contributed by atoms with Crippen LogP contribution in [0.5, 0.6) is 0 Å². The van der Waals surface area contributed by atoms with Gasteiger partial charge in [-0.2, -0.15) is 0 Å². The first-order valence-corrected chi connectivity index (χ1v) is 11.0. The Hall–Kier alpha value is -3.88. The number of hydrogen-bond acceptors (Lipinski definition) is 6. The molecule has 2 aromatic carbocycles. The Labute approximate surface area is 197 Å². The molecule has 1 aliphatic rings. The first-order valence-electron chi connectivity index (χ1n) is 11.0. The van der Waals surface area contributed by atoms with E-state index in [1.54, 1.807) is 6.92 Å². The zero-order valence-corrected chi connectivity index (χ0v) is 19.1. The van der Waals surface area contributed by atoms with E-state index in [0.29, 0.717) is 0 Å². The van der Waals surface area contributed by atoms with E-state index in [4.69, 9.17) is 4.74 Å². The maximum atomic E-state index is 12.3. The summed E-state index contributed by atoms with van der Waals surface area (Å²) in [5, 5.41) is 14.2. The minimum absolute atomic E-state index is 0.0359. The van der Waals surface area contributed by atoms with Gasteiger partial charge in [-0.1, -0.05) is 55.5 Å². The number of carbonyl (C=O) groups excluding carboxylic acids is 3. The van der Waals surface area contributed by atoms with Gasteiger partial charge in [-0.3, -0.25) is 9.59 Å². The highest BCUT2D eigenvalue weighted by Crippen LogP contribution is 2.44. The van der Waals surface area contributed by atoms with Crippen molar-refractivity contribution in [3.8, 4) is 11.1 Å². The van der Waals surface area contributed by atoms with Crippen LogP contribution >= 0.6 is 0 Å². The molecule has 34 heavy (non-hydrogen) atoms. The molecule has 0 spiro atoms. The van der Waals surface area contributed by atoms with Crippen LogP contribution in [0.2, 0.25) is 0 Å². The number of carbonyl (C=O) groups is 4. The maximum Gasteiger partial charge on any atom is 0.407 e. The Bertz CT molecular complexity index is 1020. The molecule has 9 heteroatoms. The van der Waals surface area contributed by atoms with Crippen LogP contribution in [0.25, 0.3) is 11.1 Å². The molecule has 0 saturated carbocycles. The van der Waals surface area contributed by atoms with Gasteiger partial charge in [0, 0.05) is 18.9 Å².